The van der Waals surface area contributed by atoms with Crippen LogP contribution in [0.1, 0.15) is 25.0 Å². The van der Waals surface area contributed by atoms with Crippen molar-refractivity contribution in [3.8, 4) is 11.5 Å². The van der Waals surface area contributed by atoms with E-state index in [1.807, 2.05) is 13.0 Å². The molecule has 128 valence electrons. The average molecular weight is 431 g/mol. The molecule has 1 unspecified atom stereocenters. The zero-order valence-electron chi connectivity index (χ0n) is 14.0. The lowest BCUT2D eigenvalue weighted by molar-refractivity contribution is 0.254. The molecular formula is C17H26IN3O2. The van der Waals surface area contributed by atoms with Gasteiger partial charge in [-0.15, -0.1) is 30.6 Å². The van der Waals surface area contributed by atoms with E-state index in [9.17, 15) is 0 Å². The molecule has 1 aromatic carbocycles. The summed E-state index contributed by atoms with van der Waals surface area (Å²) in [7, 11) is 1.69. The minimum atomic E-state index is 0. The first-order chi connectivity index (χ1) is 10.7. The molecule has 0 amide bonds. The number of ether oxygens (including phenoxy) is 2. The Hall–Kier alpha value is -1.44. The molecule has 2 N–H and O–H groups in total. The summed E-state index contributed by atoms with van der Waals surface area (Å²) in [6, 6.07) is 4.10. The van der Waals surface area contributed by atoms with Crippen LogP contribution in [0.2, 0.25) is 0 Å². The number of methoxy groups -OCH3 is 1. The average Bonchev–Trinajstić information content (AvgIpc) is 2.87. The van der Waals surface area contributed by atoms with Crippen molar-refractivity contribution in [1.82, 2.24) is 10.6 Å². The molecule has 1 heterocycles. The van der Waals surface area contributed by atoms with Gasteiger partial charge in [-0.05, 0) is 26.0 Å². The minimum Gasteiger partial charge on any atom is -0.496 e. The van der Waals surface area contributed by atoms with E-state index in [2.05, 4.69) is 35.2 Å². The monoisotopic (exact) mass is 431 g/mol. The van der Waals surface area contributed by atoms with E-state index in [1.165, 1.54) is 5.56 Å². The van der Waals surface area contributed by atoms with Crippen molar-refractivity contribution in [3.05, 3.63) is 35.9 Å². The van der Waals surface area contributed by atoms with Crippen LogP contribution < -0.4 is 20.1 Å². The molecule has 0 spiro atoms. The first-order valence-electron chi connectivity index (χ1n) is 7.67. The molecule has 23 heavy (non-hydrogen) atoms. The second kappa shape index (κ2) is 9.64. The summed E-state index contributed by atoms with van der Waals surface area (Å²) in [6.07, 6.45) is 2.96. The molecule has 1 atom stereocenters. The Morgan fingerprint density at radius 1 is 1.48 bits per heavy atom. The van der Waals surface area contributed by atoms with E-state index >= 15 is 0 Å². The summed E-state index contributed by atoms with van der Waals surface area (Å²) in [5.41, 5.74) is 2.22. The molecule has 0 saturated carbocycles. The van der Waals surface area contributed by atoms with Gasteiger partial charge in [0.15, 0.2) is 5.96 Å². The van der Waals surface area contributed by atoms with Gasteiger partial charge in [-0.1, -0.05) is 6.08 Å². The van der Waals surface area contributed by atoms with Gasteiger partial charge in [-0.25, -0.2) is 4.99 Å². The molecule has 1 aromatic rings. The van der Waals surface area contributed by atoms with E-state index in [1.54, 1.807) is 13.2 Å². The molecule has 0 aliphatic carbocycles. The van der Waals surface area contributed by atoms with Crippen molar-refractivity contribution in [2.24, 2.45) is 4.99 Å². The fourth-order valence-corrected chi connectivity index (χ4v) is 2.47. The van der Waals surface area contributed by atoms with Gasteiger partial charge < -0.3 is 20.1 Å². The van der Waals surface area contributed by atoms with Crippen LogP contribution in [0.4, 0.5) is 0 Å². The number of benzene rings is 1. The molecule has 6 heteroatoms. The number of hydrogen-bond donors (Lipinski definition) is 2. The van der Waals surface area contributed by atoms with Gasteiger partial charge in [-0.3, -0.25) is 0 Å². The molecule has 0 radical (unpaired) electrons. The number of halogens is 1. The predicted octanol–water partition coefficient (Wildman–Crippen LogP) is 2.88. The summed E-state index contributed by atoms with van der Waals surface area (Å²) >= 11 is 0. The Kier molecular flexibility index (Phi) is 8.22. The molecule has 5 nitrogen and oxygen atoms in total. The Balaban J connectivity index is 0.00000264. The molecule has 0 saturated heterocycles. The molecule has 1 aliphatic heterocycles. The fourth-order valence-electron chi connectivity index (χ4n) is 2.47. The van der Waals surface area contributed by atoms with E-state index in [4.69, 9.17) is 9.47 Å². The Bertz CT molecular complexity index is 561. The van der Waals surface area contributed by atoms with E-state index in [0.717, 1.165) is 36.0 Å². The largest absolute Gasteiger partial charge is 0.496 e. The third kappa shape index (κ3) is 5.30. The number of guanidine groups is 1. The van der Waals surface area contributed by atoms with Crippen molar-refractivity contribution < 1.29 is 9.47 Å². The van der Waals surface area contributed by atoms with Crippen molar-refractivity contribution in [3.63, 3.8) is 0 Å². The van der Waals surface area contributed by atoms with E-state index < -0.39 is 0 Å². The second-order valence-corrected chi connectivity index (χ2v) is 5.27. The molecule has 0 fully saturated rings. The number of nitrogens with zero attached hydrogens (tertiary/aromatic N) is 1. The van der Waals surface area contributed by atoms with Crippen LogP contribution in [0.15, 0.2) is 29.8 Å². The van der Waals surface area contributed by atoms with Crippen LogP contribution in [0.5, 0.6) is 11.5 Å². The highest BCUT2D eigenvalue weighted by Crippen LogP contribution is 2.35. The molecule has 2 rings (SSSR count). The fraction of sp³-hybridized carbons (Fsp3) is 0.471. The molecule has 1 aliphatic rings. The van der Waals surface area contributed by atoms with Crippen LogP contribution in [-0.4, -0.2) is 32.3 Å². The highest BCUT2D eigenvalue weighted by atomic mass is 127. The SMILES string of the molecule is C=CCNC(=NCc1cc2c(cc1OC)CC(C)O2)NCC.I. The molecular weight excluding hydrogens is 405 g/mol. The zero-order chi connectivity index (χ0) is 15.9. The number of nitrogens with one attached hydrogen (secondary N) is 2. The second-order valence-electron chi connectivity index (χ2n) is 5.27. The zero-order valence-corrected chi connectivity index (χ0v) is 16.3. The van der Waals surface area contributed by atoms with Crippen molar-refractivity contribution in [2.75, 3.05) is 20.2 Å². The third-order valence-corrected chi connectivity index (χ3v) is 3.46. The molecule has 0 aromatic heterocycles. The maximum Gasteiger partial charge on any atom is 0.191 e. The smallest absolute Gasteiger partial charge is 0.191 e. The van der Waals surface area contributed by atoms with E-state index in [-0.39, 0.29) is 30.1 Å². The maximum atomic E-state index is 5.82. The highest BCUT2D eigenvalue weighted by Gasteiger charge is 2.21. The summed E-state index contributed by atoms with van der Waals surface area (Å²) < 4.78 is 11.3. The summed E-state index contributed by atoms with van der Waals surface area (Å²) in [5.74, 6) is 2.57. The van der Waals surface area contributed by atoms with Gasteiger partial charge in [0.1, 0.15) is 17.6 Å². The Morgan fingerprint density at radius 2 is 2.26 bits per heavy atom. The first-order valence-corrected chi connectivity index (χ1v) is 7.67. The maximum absolute atomic E-state index is 5.82. The van der Waals surface area contributed by atoms with Crippen LogP contribution >= 0.6 is 24.0 Å². The van der Waals surface area contributed by atoms with Crippen LogP contribution in [0.25, 0.3) is 0 Å². The quantitative estimate of drug-likeness (QED) is 0.315. The Morgan fingerprint density at radius 3 is 2.91 bits per heavy atom. The lowest BCUT2D eigenvalue weighted by atomic mass is 10.1. The van der Waals surface area contributed by atoms with Crippen molar-refractivity contribution in [1.29, 1.82) is 0 Å². The summed E-state index contributed by atoms with van der Waals surface area (Å²) in [4.78, 5) is 4.59. The molecule has 0 bridgehead atoms. The van der Waals surface area contributed by atoms with Gasteiger partial charge in [-0.2, -0.15) is 0 Å². The van der Waals surface area contributed by atoms with Gasteiger partial charge in [0.05, 0.1) is 13.7 Å². The third-order valence-electron chi connectivity index (χ3n) is 3.46. The van der Waals surface area contributed by atoms with Gasteiger partial charge in [0, 0.05) is 30.6 Å². The van der Waals surface area contributed by atoms with Gasteiger partial charge >= 0.3 is 0 Å². The summed E-state index contributed by atoms with van der Waals surface area (Å²) in [6.45, 7) is 9.83. The lowest BCUT2D eigenvalue weighted by Crippen LogP contribution is -2.37. The first kappa shape index (κ1) is 19.6. The van der Waals surface area contributed by atoms with Crippen molar-refractivity contribution >= 4 is 29.9 Å². The van der Waals surface area contributed by atoms with Crippen LogP contribution in [-0.2, 0) is 13.0 Å². The topological polar surface area (TPSA) is 54.9 Å². The van der Waals surface area contributed by atoms with Crippen molar-refractivity contribution in [2.45, 2.75) is 32.9 Å². The minimum absolute atomic E-state index is 0. The van der Waals surface area contributed by atoms with Gasteiger partial charge in [0.25, 0.3) is 0 Å². The standard InChI is InChI=1S/C17H25N3O2.HI/c1-5-7-19-17(18-6-2)20-11-14-10-16-13(8-12(3)22-16)9-15(14)21-4;/h5,9-10,12H,1,6-8,11H2,2-4H3,(H2,18,19,20);1H. The van der Waals surface area contributed by atoms with Crippen LogP contribution in [0.3, 0.4) is 0 Å². The highest BCUT2D eigenvalue weighted by molar-refractivity contribution is 14.0. The number of fused-ring (bicyclic) bond motifs is 1. The summed E-state index contributed by atoms with van der Waals surface area (Å²) in [5, 5.41) is 6.39. The lowest BCUT2D eigenvalue weighted by Gasteiger charge is -2.12. The van der Waals surface area contributed by atoms with Gasteiger partial charge in [0.2, 0.25) is 0 Å². The Labute approximate surface area is 155 Å². The van der Waals surface area contributed by atoms with Crippen LogP contribution in [0, 0.1) is 0 Å². The normalized spacial score (nSPS) is 16.0. The number of hydrogen-bond acceptors (Lipinski definition) is 3. The predicted molar refractivity (Wildman–Crippen MR) is 105 cm³/mol. The number of rotatable bonds is 6. The van der Waals surface area contributed by atoms with E-state index in [0.29, 0.717) is 13.1 Å². The number of aliphatic imine (C=N–C) groups is 1.